The van der Waals surface area contributed by atoms with Crippen LogP contribution in [-0.2, 0) is 4.79 Å². The summed E-state index contributed by atoms with van der Waals surface area (Å²) in [6, 6.07) is 0. The van der Waals surface area contributed by atoms with Crippen LogP contribution in [0.2, 0.25) is 0 Å². The lowest BCUT2D eigenvalue weighted by molar-refractivity contribution is -0.106. The van der Waals surface area contributed by atoms with Gasteiger partial charge in [0.1, 0.15) is 0 Å². The van der Waals surface area contributed by atoms with Crippen molar-refractivity contribution in [3.8, 4) is 0 Å². The van der Waals surface area contributed by atoms with Gasteiger partial charge in [-0.25, -0.2) is 0 Å². The highest BCUT2D eigenvalue weighted by molar-refractivity contribution is 5.42. The summed E-state index contributed by atoms with van der Waals surface area (Å²) in [5.74, 6) is 1.13. The van der Waals surface area contributed by atoms with Crippen LogP contribution in [0.3, 0.4) is 0 Å². The van der Waals surface area contributed by atoms with E-state index < -0.39 is 0 Å². The summed E-state index contributed by atoms with van der Waals surface area (Å²) < 4.78 is 0. The van der Waals surface area contributed by atoms with E-state index in [4.69, 9.17) is 4.79 Å². The van der Waals surface area contributed by atoms with Gasteiger partial charge in [-0.3, -0.25) is 4.79 Å². The second kappa shape index (κ2) is 4.62. The van der Waals surface area contributed by atoms with Crippen molar-refractivity contribution in [2.24, 2.45) is 11.7 Å². The molecule has 2 nitrogen and oxygen atoms in total. The summed E-state index contributed by atoms with van der Waals surface area (Å²) in [6.07, 6.45) is 4.69. The predicted octanol–water partition coefficient (Wildman–Crippen LogP) is 0.908. The lowest BCUT2D eigenvalue weighted by Crippen LogP contribution is -1.82. The fraction of sp³-hybridized carbons (Fsp3) is 0.833. The average Bonchev–Trinajstić information content (AvgIpc) is 2.48. The van der Waals surface area contributed by atoms with Crippen molar-refractivity contribution >= 4 is 6.41 Å². The Balaban J connectivity index is 0.000000145. The second-order valence-corrected chi connectivity index (χ2v) is 1.99. The van der Waals surface area contributed by atoms with Crippen molar-refractivity contribution in [3.05, 3.63) is 0 Å². The standard InChI is InChI=1S/C5H10.CH3NO/c1-2-5-3-4-5;2-1-3/h5H,2-4H2,1H3;1H,(H2,2,3). The van der Waals surface area contributed by atoms with Gasteiger partial charge >= 0.3 is 0 Å². The zero-order valence-corrected chi connectivity index (χ0v) is 5.26. The molecule has 0 bridgehead atoms. The Hall–Kier alpha value is -0.530. The van der Waals surface area contributed by atoms with Gasteiger partial charge in [0.15, 0.2) is 0 Å². The molecular weight excluding hydrogens is 102 g/mol. The van der Waals surface area contributed by atoms with Crippen LogP contribution >= 0.6 is 0 Å². The highest BCUT2D eigenvalue weighted by atomic mass is 16.1. The van der Waals surface area contributed by atoms with E-state index in [-0.39, 0.29) is 6.41 Å². The normalized spacial score (nSPS) is 16.1. The van der Waals surface area contributed by atoms with Gasteiger partial charge in [-0.1, -0.05) is 26.2 Å². The van der Waals surface area contributed by atoms with E-state index in [1.54, 1.807) is 0 Å². The number of carbonyl (C=O) groups is 1. The summed E-state index contributed by atoms with van der Waals surface area (Å²) in [6.45, 7) is 2.26. The van der Waals surface area contributed by atoms with E-state index in [2.05, 4.69) is 12.7 Å². The molecule has 1 rings (SSSR count). The minimum absolute atomic E-state index is 0.250. The SMILES string of the molecule is CCC1CC1.NC=O. The lowest BCUT2D eigenvalue weighted by Gasteiger charge is -1.72. The first kappa shape index (κ1) is 7.47. The van der Waals surface area contributed by atoms with E-state index in [1.165, 1.54) is 19.3 Å². The monoisotopic (exact) mass is 115 g/mol. The van der Waals surface area contributed by atoms with Crippen molar-refractivity contribution in [1.29, 1.82) is 0 Å². The molecule has 1 amide bonds. The molecule has 2 heteroatoms. The van der Waals surface area contributed by atoms with Gasteiger partial charge in [-0.05, 0) is 5.92 Å². The van der Waals surface area contributed by atoms with Crippen LogP contribution in [0.15, 0.2) is 0 Å². The number of hydrogen-bond acceptors (Lipinski definition) is 1. The molecule has 1 aliphatic rings. The molecule has 0 radical (unpaired) electrons. The van der Waals surface area contributed by atoms with Gasteiger partial charge in [0.05, 0.1) is 0 Å². The third-order valence-electron chi connectivity index (χ3n) is 1.27. The average molecular weight is 115 g/mol. The smallest absolute Gasteiger partial charge is 0.204 e. The molecular formula is C6H13NO. The molecule has 0 unspecified atom stereocenters. The molecule has 48 valence electrons. The molecule has 0 spiro atoms. The first-order chi connectivity index (χ1) is 3.85. The number of nitrogens with two attached hydrogens (primary N) is 1. The molecule has 1 fully saturated rings. The summed E-state index contributed by atoms with van der Waals surface area (Å²) in [7, 11) is 0. The number of rotatable bonds is 1. The van der Waals surface area contributed by atoms with E-state index in [0.29, 0.717) is 0 Å². The zero-order chi connectivity index (χ0) is 6.41. The third kappa shape index (κ3) is 5.47. The maximum atomic E-state index is 8.58. The fourth-order valence-electron chi connectivity index (χ4n) is 0.526. The molecule has 0 atom stereocenters. The van der Waals surface area contributed by atoms with Crippen molar-refractivity contribution in [2.75, 3.05) is 0 Å². The number of amides is 1. The maximum Gasteiger partial charge on any atom is 0.204 e. The lowest BCUT2D eigenvalue weighted by atomic mass is 10.3. The van der Waals surface area contributed by atoms with Gasteiger partial charge in [0, 0.05) is 0 Å². The third-order valence-corrected chi connectivity index (χ3v) is 1.27. The Morgan fingerprint density at radius 1 is 1.75 bits per heavy atom. The molecule has 0 saturated heterocycles. The molecule has 0 aromatic heterocycles. The number of hydrogen-bond donors (Lipinski definition) is 1. The number of carbonyl (C=O) groups excluding carboxylic acids is 1. The number of primary amides is 1. The van der Waals surface area contributed by atoms with E-state index >= 15 is 0 Å². The predicted molar refractivity (Wildman–Crippen MR) is 33.3 cm³/mol. The molecule has 0 aromatic rings. The zero-order valence-electron chi connectivity index (χ0n) is 5.26. The molecule has 1 saturated carbocycles. The molecule has 2 N–H and O–H groups in total. The molecule has 1 aliphatic carbocycles. The van der Waals surface area contributed by atoms with Crippen molar-refractivity contribution < 1.29 is 4.79 Å². The first-order valence-corrected chi connectivity index (χ1v) is 3.00. The highest BCUT2D eigenvalue weighted by Gasteiger charge is 2.17. The van der Waals surface area contributed by atoms with Crippen LogP contribution in [0.25, 0.3) is 0 Å². The Labute approximate surface area is 50.1 Å². The van der Waals surface area contributed by atoms with Crippen molar-refractivity contribution in [3.63, 3.8) is 0 Å². The molecule has 8 heavy (non-hydrogen) atoms. The van der Waals surface area contributed by atoms with Crippen LogP contribution in [-0.4, -0.2) is 6.41 Å². The molecule has 0 aliphatic heterocycles. The van der Waals surface area contributed by atoms with Crippen LogP contribution in [0, 0.1) is 5.92 Å². The van der Waals surface area contributed by atoms with Crippen LogP contribution in [0.5, 0.6) is 0 Å². The summed E-state index contributed by atoms with van der Waals surface area (Å²) in [5.41, 5.74) is 4.17. The topological polar surface area (TPSA) is 43.1 Å². The molecule has 0 aromatic carbocycles. The van der Waals surface area contributed by atoms with Gasteiger partial charge in [-0.15, -0.1) is 0 Å². The van der Waals surface area contributed by atoms with E-state index in [0.717, 1.165) is 5.92 Å². The van der Waals surface area contributed by atoms with Crippen molar-refractivity contribution in [1.82, 2.24) is 0 Å². The Morgan fingerprint density at radius 2 is 2.12 bits per heavy atom. The molecule has 0 heterocycles. The maximum absolute atomic E-state index is 8.58. The van der Waals surface area contributed by atoms with Gasteiger partial charge in [0.2, 0.25) is 6.41 Å². The summed E-state index contributed by atoms with van der Waals surface area (Å²) >= 11 is 0. The quantitative estimate of drug-likeness (QED) is 0.507. The van der Waals surface area contributed by atoms with Gasteiger partial charge < -0.3 is 5.73 Å². The highest BCUT2D eigenvalue weighted by Crippen LogP contribution is 2.31. The van der Waals surface area contributed by atoms with E-state index in [9.17, 15) is 0 Å². The minimum atomic E-state index is 0.250. The van der Waals surface area contributed by atoms with Crippen LogP contribution in [0.1, 0.15) is 26.2 Å². The van der Waals surface area contributed by atoms with Gasteiger partial charge in [0.25, 0.3) is 0 Å². The van der Waals surface area contributed by atoms with Gasteiger partial charge in [-0.2, -0.15) is 0 Å². The Bertz CT molecular complexity index is 59.5. The van der Waals surface area contributed by atoms with E-state index in [1.807, 2.05) is 0 Å². The first-order valence-electron chi connectivity index (χ1n) is 3.00. The van der Waals surface area contributed by atoms with Crippen LogP contribution < -0.4 is 5.73 Å². The fourth-order valence-corrected chi connectivity index (χ4v) is 0.526. The largest absolute Gasteiger partial charge is 0.372 e. The summed E-state index contributed by atoms with van der Waals surface area (Å²) in [4.78, 5) is 8.58. The summed E-state index contributed by atoms with van der Waals surface area (Å²) in [5, 5.41) is 0. The second-order valence-electron chi connectivity index (χ2n) is 1.99. The Kier molecular flexibility index (Phi) is 4.32. The minimum Gasteiger partial charge on any atom is -0.372 e. The van der Waals surface area contributed by atoms with Crippen molar-refractivity contribution in [2.45, 2.75) is 26.2 Å². The Morgan fingerprint density at radius 3 is 2.12 bits per heavy atom. The van der Waals surface area contributed by atoms with Crippen LogP contribution in [0.4, 0.5) is 0 Å².